The Morgan fingerprint density at radius 1 is 1.15 bits per heavy atom. The number of nitrogens with one attached hydrogen (secondary N) is 1. The van der Waals surface area contributed by atoms with Gasteiger partial charge in [-0.05, 0) is 12.5 Å². The lowest BCUT2D eigenvalue weighted by Gasteiger charge is -2.18. The zero-order valence-electron chi connectivity index (χ0n) is 12.2. The van der Waals surface area contributed by atoms with E-state index in [1.807, 2.05) is 11.9 Å². The number of methoxy groups -OCH3 is 1. The number of aromatic nitrogens is 3. The van der Waals surface area contributed by atoms with E-state index in [1.54, 1.807) is 14.2 Å². The Bertz CT molecular complexity index is 548. The van der Waals surface area contributed by atoms with E-state index in [-0.39, 0.29) is 0 Å². The van der Waals surface area contributed by atoms with Gasteiger partial charge in [0.05, 0.1) is 7.11 Å². The first-order valence-corrected chi connectivity index (χ1v) is 6.37. The third-order valence-corrected chi connectivity index (χ3v) is 2.89. The van der Waals surface area contributed by atoms with Crippen molar-refractivity contribution in [3.05, 3.63) is 35.4 Å². The molecule has 1 N–H and O–H groups in total. The van der Waals surface area contributed by atoms with Crippen LogP contribution in [-0.2, 0) is 6.54 Å². The number of hydrogen-bond donors (Lipinski definition) is 1. The third kappa shape index (κ3) is 3.34. The first-order valence-electron chi connectivity index (χ1n) is 6.37. The lowest BCUT2D eigenvalue weighted by Crippen LogP contribution is -2.20. The Morgan fingerprint density at radius 3 is 2.45 bits per heavy atom. The van der Waals surface area contributed by atoms with Crippen LogP contribution in [0.3, 0.4) is 0 Å². The summed E-state index contributed by atoms with van der Waals surface area (Å²) in [5.41, 5.74) is 2.44. The van der Waals surface area contributed by atoms with Gasteiger partial charge in [0.2, 0.25) is 11.9 Å². The molecule has 0 aliphatic carbocycles. The van der Waals surface area contributed by atoms with E-state index in [1.165, 1.54) is 11.1 Å². The maximum atomic E-state index is 5.08. The lowest BCUT2D eigenvalue weighted by molar-refractivity contribution is 0.379. The second-order valence-electron chi connectivity index (χ2n) is 4.54. The average molecular weight is 273 g/mol. The summed E-state index contributed by atoms with van der Waals surface area (Å²) in [5, 5.41) is 2.90. The normalized spacial score (nSPS) is 10.2. The topological polar surface area (TPSA) is 63.2 Å². The van der Waals surface area contributed by atoms with Crippen LogP contribution in [0.1, 0.15) is 11.1 Å². The van der Waals surface area contributed by atoms with E-state index in [0.717, 1.165) is 6.54 Å². The van der Waals surface area contributed by atoms with Gasteiger partial charge in [0.25, 0.3) is 0 Å². The van der Waals surface area contributed by atoms with Crippen molar-refractivity contribution < 1.29 is 4.74 Å². The molecule has 0 atom stereocenters. The summed E-state index contributed by atoms with van der Waals surface area (Å²) in [6.07, 6.45) is 0. The van der Waals surface area contributed by atoms with Crippen LogP contribution in [0.4, 0.5) is 11.9 Å². The van der Waals surface area contributed by atoms with Crippen LogP contribution in [0.15, 0.2) is 24.3 Å². The molecule has 0 spiro atoms. The molecule has 2 aromatic rings. The highest BCUT2D eigenvalue weighted by atomic mass is 16.5. The zero-order chi connectivity index (χ0) is 14.5. The highest BCUT2D eigenvalue weighted by Crippen LogP contribution is 2.15. The quantitative estimate of drug-likeness (QED) is 0.897. The van der Waals surface area contributed by atoms with Crippen molar-refractivity contribution in [1.29, 1.82) is 0 Å². The van der Waals surface area contributed by atoms with Crippen molar-refractivity contribution in [3.63, 3.8) is 0 Å². The molecule has 106 valence electrons. The summed E-state index contributed by atoms with van der Waals surface area (Å²) in [6, 6.07) is 8.69. The highest BCUT2D eigenvalue weighted by Gasteiger charge is 2.10. The number of ether oxygens (including phenoxy) is 1. The first-order chi connectivity index (χ1) is 9.62. The molecule has 0 amide bonds. The smallest absolute Gasteiger partial charge is 0.322 e. The van der Waals surface area contributed by atoms with Crippen LogP contribution in [0.25, 0.3) is 0 Å². The monoisotopic (exact) mass is 273 g/mol. The number of aryl methyl sites for hydroxylation is 1. The van der Waals surface area contributed by atoms with Gasteiger partial charge in [0.1, 0.15) is 0 Å². The van der Waals surface area contributed by atoms with Crippen LogP contribution >= 0.6 is 0 Å². The largest absolute Gasteiger partial charge is 0.467 e. The van der Waals surface area contributed by atoms with Gasteiger partial charge in [-0.25, -0.2) is 0 Å². The minimum Gasteiger partial charge on any atom is -0.467 e. The molecule has 6 heteroatoms. The van der Waals surface area contributed by atoms with E-state index in [2.05, 4.69) is 51.5 Å². The van der Waals surface area contributed by atoms with Crippen molar-refractivity contribution in [2.75, 3.05) is 31.4 Å². The molecule has 1 aromatic carbocycles. The zero-order valence-corrected chi connectivity index (χ0v) is 12.2. The molecule has 2 rings (SSSR count). The Balaban J connectivity index is 2.19. The van der Waals surface area contributed by atoms with E-state index in [4.69, 9.17) is 4.74 Å². The molecule has 6 nitrogen and oxygen atoms in total. The molecule has 0 saturated carbocycles. The highest BCUT2D eigenvalue weighted by molar-refractivity contribution is 5.38. The summed E-state index contributed by atoms with van der Waals surface area (Å²) in [5.74, 6) is 1.06. The predicted octanol–water partition coefficient (Wildman–Crippen LogP) is 1.87. The molecule has 0 fully saturated rings. The van der Waals surface area contributed by atoms with Gasteiger partial charge in [0.15, 0.2) is 0 Å². The predicted molar refractivity (Wildman–Crippen MR) is 79.2 cm³/mol. The van der Waals surface area contributed by atoms with Gasteiger partial charge < -0.3 is 15.0 Å². The van der Waals surface area contributed by atoms with E-state index >= 15 is 0 Å². The van der Waals surface area contributed by atoms with Crippen LogP contribution in [-0.4, -0.2) is 36.2 Å². The van der Waals surface area contributed by atoms with Crippen LogP contribution in [0.2, 0.25) is 0 Å². The summed E-state index contributed by atoms with van der Waals surface area (Å²) in [7, 11) is 5.24. The molecule has 0 aliphatic heterocycles. The third-order valence-electron chi connectivity index (χ3n) is 2.89. The van der Waals surface area contributed by atoms with Gasteiger partial charge in [-0.3, -0.25) is 0 Å². The van der Waals surface area contributed by atoms with Crippen LogP contribution in [0.5, 0.6) is 6.01 Å². The van der Waals surface area contributed by atoms with Crippen molar-refractivity contribution in [2.24, 2.45) is 0 Å². The Morgan fingerprint density at radius 2 is 1.85 bits per heavy atom. The molecule has 0 unspecified atom stereocenters. The fourth-order valence-corrected chi connectivity index (χ4v) is 1.76. The van der Waals surface area contributed by atoms with Gasteiger partial charge >= 0.3 is 6.01 Å². The lowest BCUT2D eigenvalue weighted by atomic mass is 10.1. The standard InChI is InChI=1S/C14H19N5O/c1-10-5-7-11(8-6-10)9-19(3)13-16-12(15-2)17-14(18-13)20-4/h5-8H,9H2,1-4H3,(H,15,16,17,18). The maximum absolute atomic E-state index is 5.08. The number of rotatable bonds is 5. The van der Waals surface area contributed by atoms with Gasteiger partial charge in [-0.15, -0.1) is 0 Å². The second kappa shape index (κ2) is 6.18. The average Bonchev–Trinajstić information content (AvgIpc) is 2.48. The Kier molecular flexibility index (Phi) is 4.34. The summed E-state index contributed by atoms with van der Waals surface area (Å²) in [4.78, 5) is 14.6. The van der Waals surface area contributed by atoms with Gasteiger partial charge in [0, 0.05) is 20.6 Å². The first kappa shape index (κ1) is 14.0. The van der Waals surface area contributed by atoms with Crippen molar-refractivity contribution in [1.82, 2.24) is 15.0 Å². The van der Waals surface area contributed by atoms with Crippen molar-refractivity contribution in [2.45, 2.75) is 13.5 Å². The van der Waals surface area contributed by atoms with E-state index < -0.39 is 0 Å². The maximum Gasteiger partial charge on any atom is 0.322 e. The molecule has 0 aliphatic rings. The Hall–Kier alpha value is -2.37. The molecular weight excluding hydrogens is 254 g/mol. The number of benzene rings is 1. The van der Waals surface area contributed by atoms with Gasteiger partial charge in [-0.1, -0.05) is 29.8 Å². The van der Waals surface area contributed by atoms with Crippen molar-refractivity contribution >= 4 is 11.9 Å². The SMILES string of the molecule is CNc1nc(OC)nc(N(C)Cc2ccc(C)cc2)n1. The Labute approximate surface area is 118 Å². The molecule has 0 saturated heterocycles. The van der Waals surface area contributed by atoms with Crippen LogP contribution in [0, 0.1) is 6.92 Å². The fourth-order valence-electron chi connectivity index (χ4n) is 1.76. The number of anilines is 2. The number of hydrogen-bond acceptors (Lipinski definition) is 6. The second-order valence-corrected chi connectivity index (χ2v) is 4.54. The van der Waals surface area contributed by atoms with E-state index in [0.29, 0.717) is 17.9 Å². The van der Waals surface area contributed by atoms with Gasteiger partial charge in [-0.2, -0.15) is 15.0 Å². The molecule has 1 heterocycles. The summed E-state index contributed by atoms with van der Waals surface area (Å²) >= 11 is 0. The molecule has 20 heavy (non-hydrogen) atoms. The minimum absolute atomic E-state index is 0.301. The van der Waals surface area contributed by atoms with Crippen molar-refractivity contribution in [3.8, 4) is 6.01 Å². The van der Waals surface area contributed by atoms with E-state index in [9.17, 15) is 0 Å². The molecule has 1 aromatic heterocycles. The summed E-state index contributed by atoms with van der Waals surface area (Å²) in [6.45, 7) is 2.79. The number of nitrogens with zero attached hydrogens (tertiary/aromatic N) is 4. The molecule has 0 bridgehead atoms. The molecule has 0 radical (unpaired) electrons. The molecular formula is C14H19N5O. The van der Waals surface area contributed by atoms with Crippen LogP contribution < -0.4 is 15.0 Å². The summed E-state index contributed by atoms with van der Waals surface area (Å²) < 4.78 is 5.08. The minimum atomic E-state index is 0.301. The fraction of sp³-hybridized carbons (Fsp3) is 0.357.